The van der Waals surface area contributed by atoms with Gasteiger partial charge in [0.15, 0.2) is 0 Å². The van der Waals surface area contributed by atoms with Crippen molar-refractivity contribution in [3.05, 3.63) is 0 Å². The van der Waals surface area contributed by atoms with Gasteiger partial charge in [0, 0.05) is 6.54 Å². The molecule has 1 unspecified atom stereocenters. The van der Waals surface area contributed by atoms with E-state index in [2.05, 4.69) is 5.32 Å². The number of hydrogen-bond acceptors (Lipinski definition) is 4. The third-order valence-corrected chi connectivity index (χ3v) is 1.78. The Kier molecular flexibility index (Phi) is 2.93. The lowest BCUT2D eigenvalue weighted by Crippen LogP contribution is -2.37. The molecule has 1 aliphatic rings. The van der Waals surface area contributed by atoms with Crippen LogP contribution in [0.25, 0.3) is 0 Å². The molecule has 1 rings (SSSR count). The van der Waals surface area contributed by atoms with E-state index >= 15 is 0 Å². The molecule has 2 N–H and O–H groups in total. The van der Waals surface area contributed by atoms with Crippen molar-refractivity contribution in [1.29, 1.82) is 0 Å². The van der Waals surface area contributed by atoms with Crippen molar-refractivity contribution in [3.63, 3.8) is 0 Å². The second-order valence-electron chi connectivity index (χ2n) is 2.66. The summed E-state index contributed by atoms with van der Waals surface area (Å²) in [6.07, 6.45) is 0.818. The van der Waals surface area contributed by atoms with Crippen LogP contribution in [0.5, 0.6) is 0 Å². The third-order valence-electron chi connectivity index (χ3n) is 1.78. The number of nitrogens with one attached hydrogen (secondary N) is 2. The zero-order chi connectivity index (χ0) is 8.97. The minimum atomic E-state index is -0.869. The van der Waals surface area contributed by atoms with Crippen LogP contribution in [0.15, 0.2) is 0 Å². The van der Waals surface area contributed by atoms with E-state index in [9.17, 15) is 14.4 Å². The Morgan fingerprint density at radius 1 is 1.50 bits per heavy atom. The van der Waals surface area contributed by atoms with Crippen molar-refractivity contribution >= 4 is 18.1 Å². The monoisotopic (exact) mass is 170 g/mol. The summed E-state index contributed by atoms with van der Waals surface area (Å²) < 4.78 is 0. The molecule has 1 aliphatic heterocycles. The van der Waals surface area contributed by atoms with Crippen LogP contribution in [0, 0.1) is 5.92 Å². The van der Waals surface area contributed by atoms with Crippen LogP contribution in [-0.4, -0.2) is 31.2 Å². The van der Waals surface area contributed by atoms with Crippen LogP contribution in [0.4, 0.5) is 0 Å². The molecule has 66 valence electrons. The van der Waals surface area contributed by atoms with Crippen molar-refractivity contribution in [2.75, 3.05) is 13.1 Å². The smallest absolute Gasteiger partial charge is 0.290 e. The maximum absolute atomic E-state index is 11.1. The quantitative estimate of drug-likeness (QED) is 0.388. The molecular weight excluding hydrogens is 160 g/mol. The first kappa shape index (κ1) is 8.86. The second kappa shape index (κ2) is 3.96. The van der Waals surface area contributed by atoms with Crippen LogP contribution in [0.1, 0.15) is 6.42 Å². The Labute approximate surface area is 69.5 Å². The molecule has 0 spiro atoms. The highest BCUT2D eigenvalue weighted by Crippen LogP contribution is 2.06. The van der Waals surface area contributed by atoms with Gasteiger partial charge in [-0.05, 0) is 13.0 Å². The minimum absolute atomic E-state index is 0.0975. The molecule has 0 saturated carbocycles. The topological polar surface area (TPSA) is 75.3 Å². The molecule has 0 aromatic rings. The van der Waals surface area contributed by atoms with Gasteiger partial charge in [-0.2, -0.15) is 0 Å². The summed E-state index contributed by atoms with van der Waals surface area (Å²) in [7, 11) is 0. The van der Waals surface area contributed by atoms with E-state index in [0.717, 1.165) is 13.0 Å². The standard InChI is InChI=1S/C7H10N2O3/c10-4-6(11)9-7(12)5-1-2-8-3-5/h4-5,8H,1-3H2,(H,9,11,12). The van der Waals surface area contributed by atoms with E-state index < -0.39 is 5.91 Å². The first-order valence-electron chi connectivity index (χ1n) is 3.74. The molecule has 0 aromatic heterocycles. The Hall–Kier alpha value is -1.23. The van der Waals surface area contributed by atoms with Gasteiger partial charge < -0.3 is 5.32 Å². The summed E-state index contributed by atoms with van der Waals surface area (Å²) in [6.45, 7) is 1.37. The average Bonchev–Trinajstić information content (AvgIpc) is 2.56. The van der Waals surface area contributed by atoms with E-state index in [-0.39, 0.29) is 18.1 Å². The molecule has 1 fully saturated rings. The van der Waals surface area contributed by atoms with Crippen LogP contribution in [0.3, 0.4) is 0 Å². The van der Waals surface area contributed by atoms with Crippen LogP contribution >= 0.6 is 0 Å². The number of amides is 2. The Morgan fingerprint density at radius 2 is 2.25 bits per heavy atom. The molecule has 12 heavy (non-hydrogen) atoms. The SMILES string of the molecule is O=CC(=O)NC(=O)C1CCNC1. The molecule has 5 heteroatoms. The number of carbonyl (C=O) groups is 3. The van der Waals surface area contributed by atoms with Crippen LogP contribution in [-0.2, 0) is 14.4 Å². The van der Waals surface area contributed by atoms with Crippen molar-refractivity contribution in [3.8, 4) is 0 Å². The van der Waals surface area contributed by atoms with Gasteiger partial charge in [-0.25, -0.2) is 0 Å². The zero-order valence-electron chi connectivity index (χ0n) is 6.50. The summed E-state index contributed by atoms with van der Waals surface area (Å²) in [5.41, 5.74) is 0. The number of carbonyl (C=O) groups excluding carboxylic acids is 3. The lowest BCUT2D eigenvalue weighted by atomic mass is 10.1. The summed E-state index contributed by atoms with van der Waals surface area (Å²) in [6, 6.07) is 0. The first-order valence-corrected chi connectivity index (χ1v) is 3.74. The van der Waals surface area contributed by atoms with Gasteiger partial charge in [0.05, 0.1) is 5.92 Å². The van der Waals surface area contributed by atoms with Gasteiger partial charge in [-0.1, -0.05) is 0 Å². The summed E-state index contributed by atoms with van der Waals surface area (Å²) in [5, 5.41) is 4.97. The molecule has 2 amide bonds. The Morgan fingerprint density at radius 3 is 2.75 bits per heavy atom. The van der Waals surface area contributed by atoms with Crippen LogP contribution < -0.4 is 10.6 Å². The summed E-state index contributed by atoms with van der Waals surface area (Å²) in [5.74, 6) is -1.40. The third kappa shape index (κ3) is 2.13. The van der Waals surface area contributed by atoms with Gasteiger partial charge in [-0.3, -0.25) is 19.7 Å². The fourth-order valence-electron chi connectivity index (χ4n) is 1.13. The van der Waals surface area contributed by atoms with Gasteiger partial charge in [0.1, 0.15) is 0 Å². The highest BCUT2D eigenvalue weighted by molar-refractivity contribution is 6.27. The highest BCUT2D eigenvalue weighted by Gasteiger charge is 2.23. The van der Waals surface area contributed by atoms with E-state index in [0.29, 0.717) is 6.54 Å². The average molecular weight is 170 g/mol. The molecule has 0 radical (unpaired) electrons. The molecule has 5 nitrogen and oxygen atoms in total. The van der Waals surface area contributed by atoms with Gasteiger partial charge in [0.25, 0.3) is 5.91 Å². The van der Waals surface area contributed by atoms with E-state index in [1.807, 2.05) is 5.32 Å². The molecule has 1 atom stereocenters. The number of imide groups is 1. The lowest BCUT2D eigenvalue weighted by molar-refractivity contribution is -0.137. The predicted molar refractivity (Wildman–Crippen MR) is 40.2 cm³/mol. The Bertz CT molecular complexity index is 209. The zero-order valence-corrected chi connectivity index (χ0v) is 6.50. The number of rotatable bonds is 2. The molecule has 1 saturated heterocycles. The maximum atomic E-state index is 11.1. The summed E-state index contributed by atoms with van der Waals surface area (Å²) in [4.78, 5) is 31.4. The van der Waals surface area contributed by atoms with E-state index in [1.54, 1.807) is 0 Å². The van der Waals surface area contributed by atoms with Crippen molar-refractivity contribution < 1.29 is 14.4 Å². The molecule has 1 heterocycles. The normalized spacial score (nSPS) is 21.8. The predicted octanol–water partition coefficient (Wildman–Crippen LogP) is -1.56. The fraction of sp³-hybridized carbons (Fsp3) is 0.571. The van der Waals surface area contributed by atoms with Gasteiger partial charge in [0.2, 0.25) is 12.2 Å². The highest BCUT2D eigenvalue weighted by atomic mass is 16.2. The Balaban J connectivity index is 2.36. The van der Waals surface area contributed by atoms with Crippen LogP contribution in [0.2, 0.25) is 0 Å². The maximum Gasteiger partial charge on any atom is 0.290 e. The largest absolute Gasteiger partial charge is 0.316 e. The second-order valence-corrected chi connectivity index (χ2v) is 2.66. The van der Waals surface area contributed by atoms with Crippen molar-refractivity contribution in [2.45, 2.75) is 6.42 Å². The minimum Gasteiger partial charge on any atom is -0.316 e. The van der Waals surface area contributed by atoms with Gasteiger partial charge in [-0.15, -0.1) is 0 Å². The number of hydrogen-bond donors (Lipinski definition) is 2. The van der Waals surface area contributed by atoms with E-state index in [4.69, 9.17) is 0 Å². The molecule has 0 bridgehead atoms. The van der Waals surface area contributed by atoms with Gasteiger partial charge >= 0.3 is 0 Å². The molecule has 0 aliphatic carbocycles. The fourth-order valence-corrected chi connectivity index (χ4v) is 1.13. The molecular formula is C7H10N2O3. The van der Waals surface area contributed by atoms with E-state index in [1.165, 1.54) is 0 Å². The molecule has 0 aromatic carbocycles. The first-order chi connectivity index (χ1) is 5.74. The lowest BCUT2D eigenvalue weighted by Gasteiger charge is -2.05. The summed E-state index contributed by atoms with van der Waals surface area (Å²) >= 11 is 0. The van der Waals surface area contributed by atoms with Crippen molar-refractivity contribution in [1.82, 2.24) is 10.6 Å². The van der Waals surface area contributed by atoms with Crippen molar-refractivity contribution in [2.24, 2.45) is 5.92 Å². The number of aldehydes is 1.